The van der Waals surface area contributed by atoms with E-state index in [0.29, 0.717) is 25.1 Å². The molecule has 1 rings (SSSR count). The Labute approximate surface area is 164 Å². The van der Waals surface area contributed by atoms with E-state index in [4.69, 9.17) is 5.73 Å². The molecule has 1 amide bonds. The highest BCUT2D eigenvalue weighted by atomic mass is 127. The number of nitrogens with two attached hydrogens (primary N) is 1. The monoisotopic (exact) mass is 628 g/mol. The number of benzene rings is 1. The van der Waals surface area contributed by atoms with Crippen molar-refractivity contribution in [2.24, 2.45) is 0 Å². The summed E-state index contributed by atoms with van der Waals surface area (Å²) in [7, 11) is 0. The Hall–Kier alpha value is 0.150. The molecule has 1 aromatic rings. The van der Waals surface area contributed by atoms with Gasteiger partial charge in [-0.1, -0.05) is 13.3 Å². The van der Waals surface area contributed by atoms with Crippen LogP contribution in [0.3, 0.4) is 0 Å². The van der Waals surface area contributed by atoms with Crippen LogP contribution >= 0.6 is 67.8 Å². The molecule has 5 nitrogen and oxygen atoms in total. The molecule has 0 bridgehead atoms. The van der Waals surface area contributed by atoms with Gasteiger partial charge in [0.1, 0.15) is 0 Å². The first kappa shape index (κ1) is 19.2. The Morgan fingerprint density at radius 2 is 1.76 bits per heavy atom. The van der Waals surface area contributed by atoms with Gasteiger partial charge in [0.25, 0.3) is 0 Å². The van der Waals surface area contributed by atoms with Crippen molar-refractivity contribution in [3.8, 4) is 0 Å². The molecular formula is C13H15I3N2O3. The predicted octanol–water partition coefficient (Wildman–Crippen LogP) is 3.93. The number of carboxylic acid groups (broad SMARTS) is 1. The summed E-state index contributed by atoms with van der Waals surface area (Å²) in [5.74, 6) is -1.15. The highest BCUT2D eigenvalue weighted by Crippen LogP contribution is 2.39. The second-order valence-corrected chi connectivity index (χ2v) is 7.64. The molecule has 0 aliphatic heterocycles. The average molecular weight is 628 g/mol. The summed E-state index contributed by atoms with van der Waals surface area (Å²) in [6.07, 6.45) is 1.79. The molecule has 116 valence electrons. The van der Waals surface area contributed by atoms with E-state index in [-0.39, 0.29) is 11.5 Å². The van der Waals surface area contributed by atoms with Gasteiger partial charge >= 0.3 is 5.97 Å². The maximum Gasteiger partial charge on any atom is 0.338 e. The molecule has 0 heterocycles. The Morgan fingerprint density at radius 3 is 2.19 bits per heavy atom. The lowest BCUT2D eigenvalue weighted by atomic mass is 10.1. The minimum absolute atomic E-state index is 0.115. The van der Waals surface area contributed by atoms with Crippen molar-refractivity contribution in [1.82, 2.24) is 0 Å². The van der Waals surface area contributed by atoms with E-state index in [1.807, 2.05) is 52.1 Å². The van der Waals surface area contributed by atoms with Crippen molar-refractivity contribution in [2.75, 3.05) is 17.2 Å². The van der Waals surface area contributed by atoms with E-state index < -0.39 is 5.97 Å². The number of halogens is 3. The van der Waals surface area contributed by atoms with Crippen LogP contribution in [-0.2, 0) is 4.79 Å². The van der Waals surface area contributed by atoms with Crippen molar-refractivity contribution in [3.63, 3.8) is 0 Å². The molecule has 0 saturated carbocycles. The van der Waals surface area contributed by atoms with Gasteiger partial charge in [-0.25, -0.2) is 4.79 Å². The lowest BCUT2D eigenvalue weighted by Crippen LogP contribution is -2.32. The topological polar surface area (TPSA) is 83.6 Å². The summed E-state index contributed by atoms with van der Waals surface area (Å²) in [6, 6.07) is 0. The molecule has 0 spiro atoms. The number of nitrogen functional groups attached to an aromatic ring is 1. The third kappa shape index (κ3) is 4.12. The summed E-state index contributed by atoms with van der Waals surface area (Å²) >= 11 is 6.00. The van der Waals surface area contributed by atoms with Crippen molar-refractivity contribution >= 4 is 91.0 Å². The standard InChI is InChI=1S/C13H15I3N2O3/c1-3-4-5-18(6(2)19)12-9(15)7(13(20)21)8(14)11(17)10(12)16/h3-5,17H2,1-2H3,(H,20,21). The van der Waals surface area contributed by atoms with Gasteiger partial charge in [0.2, 0.25) is 5.91 Å². The zero-order valence-electron chi connectivity index (χ0n) is 11.5. The normalized spacial score (nSPS) is 10.5. The molecule has 0 aliphatic rings. The Kier molecular flexibility index (Phi) is 7.43. The second-order valence-electron chi connectivity index (χ2n) is 4.41. The van der Waals surface area contributed by atoms with Crippen LogP contribution in [0, 0.1) is 10.7 Å². The average Bonchev–Trinajstić information content (AvgIpc) is 2.39. The van der Waals surface area contributed by atoms with Crippen LogP contribution in [0.4, 0.5) is 11.4 Å². The number of nitrogens with zero attached hydrogens (tertiary/aromatic N) is 1. The summed E-state index contributed by atoms with van der Waals surface area (Å²) in [5, 5.41) is 9.41. The Bertz CT molecular complexity index is 591. The minimum Gasteiger partial charge on any atom is -0.478 e. The molecular weight excluding hydrogens is 613 g/mol. The fourth-order valence-electron chi connectivity index (χ4n) is 1.84. The number of aromatic carboxylic acids is 1. The van der Waals surface area contributed by atoms with Crippen LogP contribution in [0.5, 0.6) is 0 Å². The van der Waals surface area contributed by atoms with E-state index in [9.17, 15) is 14.7 Å². The molecule has 0 aromatic heterocycles. The molecule has 1 aromatic carbocycles. The van der Waals surface area contributed by atoms with Crippen molar-refractivity contribution in [3.05, 3.63) is 16.3 Å². The first-order valence-electron chi connectivity index (χ1n) is 6.21. The maximum atomic E-state index is 12.0. The Morgan fingerprint density at radius 1 is 1.19 bits per heavy atom. The highest BCUT2D eigenvalue weighted by molar-refractivity contribution is 14.1. The summed E-state index contributed by atoms with van der Waals surface area (Å²) in [4.78, 5) is 25.1. The quantitative estimate of drug-likeness (QED) is 0.383. The number of carbonyl (C=O) groups excluding carboxylic acids is 1. The number of hydrogen-bond donors (Lipinski definition) is 2. The first-order valence-corrected chi connectivity index (χ1v) is 9.44. The smallest absolute Gasteiger partial charge is 0.338 e. The van der Waals surface area contributed by atoms with Crippen molar-refractivity contribution in [1.29, 1.82) is 0 Å². The lowest BCUT2D eigenvalue weighted by Gasteiger charge is -2.26. The van der Waals surface area contributed by atoms with E-state index in [1.54, 1.807) is 4.90 Å². The van der Waals surface area contributed by atoms with Crippen molar-refractivity contribution in [2.45, 2.75) is 26.7 Å². The van der Waals surface area contributed by atoms with Crippen LogP contribution < -0.4 is 10.6 Å². The zero-order chi connectivity index (χ0) is 16.3. The van der Waals surface area contributed by atoms with Crippen LogP contribution in [0.1, 0.15) is 37.0 Å². The third-order valence-corrected chi connectivity index (χ3v) is 6.19. The van der Waals surface area contributed by atoms with Crippen LogP contribution in [0.15, 0.2) is 0 Å². The maximum absolute atomic E-state index is 12.0. The Balaban J connectivity index is 3.60. The van der Waals surface area contributed by atoms with Crippen LogP contribution in [0.25, 0.3) is 0 Å². The molecule has 8 heteroatoms. The minimum atomic E-state index is -1.04. The van der Waals surface area contributed by atoms with E-state index in [2.05, 4.69) is 22.6 Å². The van der Waals surface area contributed by atoms with E-state index in [0.717, 1.165) is 16.4 Å². The number of hydrogen-bond acceptors (Lipinski definition) is 3. The molecule has 0 radical (unpaired) electrons. The molecule has 3 N–H and O–H groups in total. The number of anilines is 2. The van der Waals surface area contributed by atoms with Crippen LogP contribution in [0.2, 0.25) is 0 Å². The molecule has 0 atom stereocenters. The SMILES string of the molecule is CCCCN(C(C)=O)c1c(I)c(N)c(I)c(C(=O)O)c1I. The van der Waals surface area contributed by atoms with Gasteiger partial charge in [0.05, 0.1) is 27.6 Å². The van der Waals surface area contributed by atoms with Gasteiger partial charge in [0, 0.05) is 13.5 Å². The van der Waals surface area contributed by atoms with Crippen molar-refractivity contribution < 1.29 is 14.7 Å². The lowest BCUT2D eigenvalue weighted by molar-refractivity contribution is -0.116. The van der Waals surface area contributed by atoms with Crippen LogP contribution in [-0.4, -0.2) is 23.5 Å². The molecule has 0 aliphatic carbocycles. The van der Waals surface area contributed by atoms with Gasteiger partial charge < -0.3 is 15.7 Å². The van der Waals surface area contributed by atoms with E-state index in [1.165, 1.54) is 6.92 Å². The van der Waals surface area contributed by atoms with Gasteiger partial charge in [-0.05, 0) is 74.2 Å². The molecule has 21 heavy (non-hydrogen) atoms. The summed E-state index contributed by atoms with van der Waals surface area (Å²) in [5.41, 5.74) is 7.21. The number of carbonyl (C=O) groups is 2. The highest BCUT2D eigenvalue weighted by Gasteiger charge is 2.27. The fraction of sp³-hybridized carbons (Fsp3) is 0.385. The third-order valence-electron chi connectivity index (χ3n) is 2.93. The second kappa shape index (κ2) is 8.13. The van der Waals surface area contributed by atoms with Gasteiger partial charge in [-0.3, -0.25) is 4.79 Å². The first-order chi connectivity index (χ1) is 9.73. The largest absolute Gasteiger partial charge is 0.478 e. The number of amides is 1. The molecule has 0 unspecified atom stereocenters. The summed E-state index contributed by atoms with van der Waals surface area (Å²) < 4.78 is 1.78. The van der Waals surface area contributed by atoms with Gasteiger partial charge in [0.15, 0.2) is 0 Å². The fourth-order valence-corrected chi connectivity index (χ4v) is 6.05. The van der Waals surface area contributed by atoms with Gasteiger partial charge in [-0.2, -0.15) is 0 Å². The number of carboxylic acids is 1. The van der Waals surface area contributed by atoms with Gasteiger partial charge in [-0.15, -0.1) is 0 Å². The predicted molar refractivity (Wildman–Crippen MR) is 109 cm³/mol. The number of unbranched alkanes of at least 4 members (excludes halogenated alkanes) is 1. The molecule has 0 saturated heterocycles. The zero-order valence-corrected chi connectivity index (χ0v) is 18.0. The van der Waals surface area contributed by atoms with E-state index >= 15 is 0 Å². The number of rotatable bonds is 5. The summed E-state index contributed by atoms with van der Waals surface area (Å²) in [6.45, 7) is 4.08. The molecule has 0 fully saturated rings.